The Morgan fingerprint density at radius 3 is 1.59 bits per heavy atom. The molecular formula is C22H40N2O5. The minimum Gasteiger partial charge on any atom is -0.466 e. The number of amides is 1. The van der Waals surface area contributed by atoms with Crippen LogP contribution in [-0.2, 0) is 23.9 Å². The van der Waals surface area contributed by atoms with Crippen LogP contribution in [0.4, 0.5) is 0 Å². The van der Waals surface area contributed by atoms with Crippen LogP contribution in [0.5, 0.6) is 0 Å². The van der Waals surface area contributed by atoms with E-state index in [4.69, 9.17) is 15.2 Å². The summed E-state index contributed by atoms with van der Waals surface area (Å²) < 4.78 is 9.83. The minimum atomic E-state index is -0.0922. The molecule has 0 aromatic heterocycles. The average Bonchev–Trinajstić information content (AvgIpc) is 2.66. The summed E-state index contributed by atoms with van der Waals surface area (Å²) in [5, 5.41) is 2.93. The first-order valence-electron chi connectivity index (χ1n) is 11.2. The minimum absolute atomic E-state index is 0.0360. The summed E-state index contributed by atoms with van der Waals surface area (Å²) in [6.07, 6.45) is 9.36. The van der Waals surface area contributed by atoms with Crippen LogP contribution in [-0.4, -0.2) is 43.1 Å². The maximum Gasteiger partial charge on any atom is 0.306 e. The van der Waals surface area contributed by atoms with E-state index >= 15 is 0 Å². The lowest BCUT2D eigenvalue weighted by atomic mass is 9.84. The van der Waals surface area contributed by atoms with Crippen LogP contribution < -0.4 is 11.1 Å². The number of hydrogen-bond donors (Lipinski definition) is 2. The van der Waals surface area contributed by atoms with Crippen LogP contribution in [0, 0.1) is 11.8 Å². The van der Waals surface area contributed by atoms with E-state index in [2.05, 4.69) is 5.32 Å². The summed E-state index contributed by atoms with van der Waals surface area (Å²) in [5.41, 5.74) is 5.77. The topological polar surface area (TPSA) is 108 Å². The highest BCUT2D eigenvalue weighted by Gasteiger charge is 2.24. The molecule has 0 atom stereocenters. The van der Waals surface area contributed by atoms with E-state index in [1.165, 1.54) is 0 Å². The largest absolute Gasteiger partial charge is 0.466 e. The number of hydrogen-bond acceptors (Lipinski definition) is 6. The van der Waals surface area contributed by atoms with E-state index in [9.17, 15) is 14.4 Å². The Hall–Kier alpha value is -1.63. The number of nitrogens with one attached hydrogen (secondary N) is 1. The molecule has 0 heterocycles. The van der Waals surface area contributed by atoms with Crippen molar-refractivity contribution >= 4 is 17.8 Å². The molecule has 2 fully saturated rings. The quantitative estimate of drug-likeness (QED) is 0.622. The normalized spacial score (nSPS) is 26.5. The molecule has 0 unspecified atom stereocenters. The van der Waals surface area contributed by atoms with Gasteiger partial charge in [-0.3, -0.25) is 14.4 Å². The third-order valence-corrected chi connectivity index (χ3v) is 5.67. The summed E-state index contributed by atoms with van der Waals surface area (Å²) in [5.74, 6) is 0.838. The van der Waals surface area contributed by atoms with Gasteiger partial charge >= 0.3 is 11.9 Å². The highest BCUT2D eigenvalue weighted by Crippen LogP contribution is 2.27. The maximum absolute atomic E-state index is 11.3. The molecule has 7 heteroatoms. The standard InChI is InChI=1S/C12H21NO3.C10H19NO2/c1-3-16-12(15)8-10-4-6-11(7-5-10)13-9(2)14;1-2-13-10(12)7-8-3-5-9(11)6-4-8/h10-11H,3-8H2,1-2H3,(H,13,14);8-9H,2-7,11H2,1H3. The number of carbonyl (C=O) groups excluding carboxylic acids is 3. The van der Waals surface area contributed by atoms with Gasteiger partial charge in [0, 0.05) is 31.8 Å². The Labute approximate surface area is 175 Å². The van der Waals surface area contributed by atoms with Gasteiger partial charge in [-0.05, 0) is 77.0 Å². The molecule has 2 aliphatic rings. The van der Waals surface area contributed by atoms with Crippen molar-refractivity contribution in [3.05, 3.63) is 0 Å². The monoisotopic (exact) mass is 412 g/mol. The molecule has 1 amide bonds. The summed E-state index contributed by atoms with van der Waals surface area (Å²) in [6.45, 7) is 6.16. The predicted octanol–water partition coefficient (Wildman–Crippen LogP) is 3.09. The van der Waals surface area contributed by atoms with E-state index in [1.807, 2.05) is 13.8 Å². The highest BCUT2D eigenvalue weighted by atomic mass is 16.5. The van der Waals surface area contributed by atoms with Crippen molar-refractivity contribution in [3.8, 4) is 0 Å². The van der Waals surface area contributed by atoms with E-state index in [1.54, 1.807) is 6.92 Å². The fraction of sp³-hybridized carbons (Fsp3) is 0.864. The zero-order valence-corrected chi connectivity index (χ0v) is 18.4. The molecular weight excluding hydrogens is 372 g/mol. The van der Waals surface area contributed by atoms with Gasteiger partial charge in [-0.2, -0.15) is 0 Å². The lowest BCUT2D eigenvalue weighted by molar-refractivity contribution is -0.145. The van der Waals surface area contributed by atoms with Gasteiger partial charge in [0.05, 0.1) is 13.2 Å². The molecule has 0 saturated heterocycles. The van der Waals surface area contributed by atoms with Crippen molar-refractivity contribution in [3.63, 3.8) is 0 Å². The first-order valence-corrected chi connectivity index (χ1v) is 11.2. The maximum atomic E-state index is 11.3. The molecule has 3 N–H and O–H groups in total. The Morgan fingerprint density at radius 1 is 0.793 bits per heavy atom. The molecule has 0 spiro atoms. The van der Waals surface area contributed by atoms with E-state index in [-0.39, 0.29) is 17.8 Å². The number of ether oxygens (including phenoxy) is 2. The van der Waals surface area contributed by atoms with E-state index < -0.39 is 0 Å². The first-order chi connectivity index (χ1) is 13.8. The molecule has 2 rings (SSSR count). The smallest absolute Gasteiger partial charge is 0.306 e. The second kappa shape index (κ2) is 14.4. The molecule has 2 saturated carbocycles. The molecule has 0 aromatic rings. The average molecular weight is 413 g/mol. The van der Waals surface area contributed by atoms with Crippen LogP contribution in [0.2, 0.25) is 0 Å². The number of esters is 2. The Balaban J connectivity index is 0.000000296. The zero-order valence-electron chi connectivity index (χ0n) is 18.4. The van der Waals surface area contributed by atoms with Crippen molar-refractivity contribution in [1.82, 2.24) is 5.32 Å². The van der Waals surface area contributed by atoms with Crippen molar-refractivity contribution < 1.29 is 23.9 Å². The molecule has 168 valence electrons. The zero-order chi connectivity index (χ0) is 21.6. The van der Waals surface area contributed by atoms with Crippen LogP contribution in [0.1, 0.15) is 85.0 Å². The molecule has 0 radical (unpaired) electrons. The molecule has 0 aromatic carbocycles. The second-order valence-corrected chi connectivity index (χ2v) is 8.22. The van der Waals surface area contributed by atoms with E-state index in [0.29, 0.717) is 50.0 Å². The fourth-order valence-electron chi connectivity index (χ4n) is 4.10. The number of carbonyl (C=O) groups is 3. The van der Waals surface area contributed by atoms with Gasteiger partial charge in [-0.25, -0.2) is 0 Å². The van der Waals surface area contributed by atoms with Crippen molar-refractivity contribution in [2.75, 3.05) is 13.2 Å². The Morgan fingerprint density at radius 2 is 1.21 bits per heavy atom. The van der Waals surface area contributed by atoms with Crippen LogP contribution in [0.15, 0.2) is 0 Å². The lowest BCUT2D eigenvalue weighted by Crippen LogP contribution is -2.36. The number of rotatable bonds is 7. The summed E-state index contributed by atoms with van der Waals surface area (Å²) in [7, 11) is 0. The molecule has 2 aliphatic carbocycles. The summed E-state index contributed by atoms with van der Waals surface area (Å²) >= 11 is 0. The third kappa shape index (κ3) is 11.8. The van der Waals surface area contributed by atoms with Crippen molar-refractivity contribution in [1.29, 1.82) is 0 Å². The van der Waals surface area contributed by atoms with Gasteiger partial charge < -0.3 is 20.5 Å². The third-order valence-electron chi connectivity index (χ3n) is 5.67. The molecule has 7 nitrogen and oxygen atoms in total. The van der Waals surface area contributed by atoms with Gasteiger partial charge in [-0.15, -0.1) is 0 Å². The summed E-state index contributed by atoms with van der Waals surface area (Å²) in [4.78, 5) is 33.3. The van der Waals surface area contributed by atoms with Gasteiger partial charge in [0.1, 0.15) is 0 Å². The Kier molecular flexibility index (Phi) is 12.6. The Bertz CT molecular complexity index is 495. The predicted molar refractivity (Wildman–Crippen MR) is 112 cm³/mol. The number of nitrogens with two attached hydrogens (primary N) is 1. The van der Waals surface area contributed by atoms with Crippen LogP contribution >= 0.6 is 0 Å². The van der Waals surface area contributed by atoms with E-state index in [0.717, 1.165) is 51.4 Å². The lowest BCUT2D eigenvalue weighted by Gasteiger charge is -2.28. The molecule has 0 bridgehead atoms. The highest BCUT2D eigenvalue weighted by molar-refractivity contribution is 5.73. The molecule has 0 aliphatic heterocycles. The second-order valence-electron chi connectivity index (χ2n) is 8.22. The fourth-order valence-corrected chi connectivity index (χ4v) is 4.10. The molecule has 29 heavy (non-hydrogen) atoms. The van der Waals surface area contributed by atoms with Gasteiger partial charge in [0.2, 0.25) is 5.91 Å². The summed E-state index contributed by atoms with van der Waals surface area (Å²) in [6, 6.07) is 0.661. The van der Waals surface area contributed by atoms with Crippen LogP contribution in [0.3, 0.4) is 0 Å². The van der Waals surface area contributed by atoms with Crippen LogP contribution in [0.25, 0.3) is 0 Å². The first kappa shape index (κ1) is 25.4. The van der Waals surface area contributed by atoms with Crippen molar-refractivity contribution in [2.45, 2.75) is 97.1 Å². The van der Waals surface area contributed by atoms with Crippen molar-refractivity contribution in [2.24, 2.45) is 17.6 Å². The SMILES string of the molecule is CCOC(=O)CC1CCC(N)CC1.CCOC(=O)CC1CCC(NC(C)=O)CC1. The van der Waals surface area contributed by atoms with Gasteiger partial charge in [0.25, 0.3) is 0 Å². The van der Waals surface area contributed by atoms with Gasteiger partial charge in [0.15, 0.2) is 0 Å². The van der Waals surface area contributed by atoms with Gasteiger partial charge in [-0.1, -0.05) is 0 Å².